The van der Waals surface area contributed by atoms with Crippen molar-refractivity contribution in [2.75, 3.05) is 7.11 Å². The molecule has 3 aromatic rings. The number of rotatable bonds is 7. The van der Waals surface area contributed by atoms with Gasteiger partial charge in [0.25, 0.3) is 0 Å². The van der Waals surface area contributed by atoms with Crippen LogP contribution in [0.3, 0.4) is 0 Å². The molecule has 176 valence electrons. The maximum Gasteiger partial charge on any atom is 0.323 e. The van der Waals surface area contributed by atoms with Crippen LogP contribution in [-0.4, -0.2) is 30.7 Å². The predicted octanol–water partition coefficient (Wildman–Crippen LogP) is 5.21. The smallest absolute Gasteiger partial charge is 0.323 e. The SMILES string of the molecule is COC(=O)CC[C@@H](NC1(c2ccccc2)c2ccccc2-c2ccccc21)C(=O)OC(C)(C)C. The van der Waals surface area contributed by atoms with E-state index in [1.165, 1.54) is 7.11 Å². The fourth-order valence-corrected chi connectivity index (χ4v) is 4.72. The first-order valence-corrected chi connectivity index (χ1v) is 11.6. The van der Waals surface area contributed by atoms with E-state index in [-0.39, 0.29) is 18.8 Å². The number of esters is 2. The third kappa shape index (κ3) is 4.48. The van der Waals surface area contributed by atoms with E-state index in [9.17, 15) is 9.59 Å². The molecule has 1 N–H and O–H groups in total. The highest BCUT2D eigenvalue weighted by molar-refractivity contribution is 5.84. The van der Waals surface area contributed by atoms with Crippen LogP contribution in [0.15, 0.2) is 78.9 Å². The van der Waals surface area contributed by atoms with Gasteiger partial charge < -0.3 is 9.47 Å². The molecule has 0 unspecified atom stereocenters. The van der Waals surface area contributed by atoms with Crippen molar-refractivity contribution in [3.8, 4) is 11.1 Å². The topological polar surface area (TPSA) is 64.6 Å². The van der Waals surface area contributed by atoms with Gasteiger partial charge >= 0.3 is 11.9 Å². The largest absolute Gasteiger partial charge is 0.469 e. The fraction of sp³-hybridized carbons (Fsp3) is 0.310. The molecule has 34 heavy (non-hydrogen) atoms. The Morgan fingerprint density at radius 3 is 1.91 bits per heavy atom. The summed E-state index contributed by atoms with van der Waals surface area (Å²) in [5.74, 6) is -0.759. The number of carbonyl (C=O) groups excluding carboxylic acids is 2. The van der Waals surface area contributed by atoms with E-state index in [1.807, 2.05) is 63.2 Å². The molecule has 0 fully saturated rings. The van der Waals surface area contributed by atoms with Crippen molar-refractivity contribution in [1.29, 1.82) is 0 Å². The van der Waals surface area contributed by atoms with E-state index < -0.39 is 23.2 Å². The lowest BCUT2D eigenvalue weighted by atomic mass is 9.79. The van der Waals surface area contributed by atoms with Crippen molar-refractivity contribution < 1.29 is 19.1 Å². The minimum Gasteiger partial charge on any atom is -0.469 e. The molecule has 0 saturated carbocycles. The van der Waals surface area contributed by atoms with E-state index in [2.05, 4.69) is 41.7 Å². The monoisotopic (exact) mass is 457 g/mol. The number of nitrogens with one attached hydrogen (secondary N) is 1. The Kier molecular flexibility index (Phi) is 6.58. The molecule has 1 atom stereocenters. The van der Waals surface area contributed by atoms with Crippen LogP contribution in [0.2, 0.25) is 0 Å². The first kappa shape index (κ1) is 23.7. The fourth-order valence-electron chi connectivity index (χ4n) is 4.72. The molecule has 0 saturated heterocycles. The highest BCUT2D eigenvalue weighted by Crippen LogP contribution is 2.51. The van der Waals surface area contributed by atoms with Gasteiger partial charge in [-0.1, -0.05) is 78.9 Å². The van der Waals surface area contributed by atoms with Crippen LogP contribution in [0.4, 0.5) is 0 Å². The van der Waals surface area contributed by atoms with Gasteiger partial charge in [0.15, 0.2) is 0 Å². The summed E-state index contributed by atoms with van der Waals surface area (Å²) in [7, 11) is 1.35. The number of hydrogen-bond acceptors (Lipinski definition) is 5. The lowest BCUT2D eigenvalue weighted by Crippen LogP contribution is -2.53. The minimum atomic E-state index is -0.786. The Morgan fingerprint density at radius 1 is 0.853 bits per heavy atom. The molecule has 1 aliphatic carbocycles. The molecule has 0 aromatic heterocycles. The zero-order valence-electron chi connectivity index (χ0n) is 20.1. The molecule has 0 amide bonds. The third-order valence-corrected chi connectivity index (χ3v) is 6.11. The zero-order chi connectivity index (χ0) is 24.3. The normalized spacial score (nSPS) is 14.6. The van der Waals surface area contributed by atoms with Crippen molar-refractivity contribution in [2.24, 2.45) is 0 Å². The second kappa shape index (κ2) is 9.43. The van der Waals surface area contributed by atoms with Gasteiger partial charge in [0.1, 0.15) is 11.6 Å². The molecule has 0 bridgehead atoms. The van der Waals surface area contributed by atoms with Crippen molar-refractivity contribution in [3.05, 3.63) is 95.6 Å². The van der Waals surface area contributed by atoms with Crippen LogP contribution < -0.4 is 5.32 Å². The van der Waals surface area contributed by atoms with E-state index in [0.29, 0.717) is 0 Å². The Hall–Kier alpha value is -3.44. The highest BCUT2D eigenvalue weighted by atomic mass is 16.6. The maximum atomic E-state index is 13.4. The van der Waals surface area contributed by atoms with Gasteiger partial charge in [-0.25, -0.2) is 0 Å². The summed E-state index contributed by atoms with van der Waals surface area (Å²) in [5.41, 5.74) is 3.93. The summed E-state index contributed by atoms with van der Waals surface area (Å²) in [6, 6.07) is 25.9. The molecular formula is C29H31NO4. The summed E-state index contributed by atoms with van der Waals surface area (Å²) in [5, 5.41) is 3.68. The lowest BCUT2D eigenvalue weighted by molar-refractivity contribution is -0.158. The van der Waals surface area contributed by atoms with Gasteiger partial charge in [0.05, 0.1) is 12.6 Å². The van der Waals surface area contributed by atoms with Crippen LogP contribution in [0.25, 0.3) is 11.1 Å². The van der Waals surface area contributed by atoms with Crippen LogP contribution >= 0.6 is 0 Å². The third-order valence-electron chi connectivity index (χ3n) is 6.11. The quantitative estimate of drug-likeness (QED) is 0.493. The Labute approximate surface area is 201 Å². The van der Waals surface area contributed by atoms with Crippen molar-refractivity contribution in [3.63, 3.8) is 0 Å². The maximum absolute atomic E-state index is 13.4. The zero-order valence-corrected chi connectivity index (χ0v) is 20.1. The highest BCUT2D eigenvalue weighted by Gasteiger charge is 2.47. The standard InChI is InChI=1S/C29H31NO4/c1-28(2,3)34-27(32)25(18-19-26(31)33-4)30-29(20-12-6-5-7-13-20)23-16-10-8-14-21(23)22-15-9-11-17-24(22)29/h5-17,25,30H,18-19H2,1-4H3/t25-/m1/s1. The summed E-state index contributed by atoms with van der Waals surface area (Å²) < 4.78 is 10.6. The van der Waals surface area contributed by atoms with Gasteiger partial charge in [0, 0.05) is 6.42 Å². The molecule has 1 aliphatic rings. The Bertz CT molecular complexity index is 1130. The Morgan fingerprint density at radius 2 is 1.38 bits per heavy atom. The van der Waals surface area contributed by atoms with E-state index in [1.54, 1.807) is 0 Å². The van der Waals surface area contributed by atoms with E-state index >= 15 is 0 Å². The first-order valence-electron chi connectivity index (χ1n) is 11.6. The molecule has 4 rings (SSSR count). The minimum absolute atomic E-state index is 0.0988. The molecule has 0 spiro atoms. The number of carbonyl (C=O) groups is 2. The van der Waals surface area contributed by atoms with Gasteiger partial charge in [-0.2, -0.15) is 0 Å². The molecule has 0 radical (unpaired) electrons. The predicted molar refractivity (Wildman–Crippen MR) is 132 cm³/mol. The molecule has 5 nitrogen and oxygen atoms in total. The van der Waals surface area contributed by atoms with Crippen LogP contribution in [0.5, 0.6) is 0 Å². The van der Waals surface area contributed by atoms with Gasteiger partial charge in [-0.3, -0.25) is 14.9 Å². The van der Waals surface area contributed by atoms with Gasteiger partial charge in [-0.05, 0) is 55.0 Å². The number of methoxy groups -OCH3 is 1. The second-order valence-electron chi connectivity index (χ2n) is 9.55. The van der Waals surface area contributed by atoms with E-state index in [4.69, 9.17) is 9.47 Å². The summed E-state index contributed by atoms with van der Waals surface area (Å²) in [6.07, 6.45) is 0.349. The summed E-state index contributed by atoms with van der Waals surface area (Å²) >= 11 is 0. The number of benzene rings is 3. The Balaban J connectivity index is 1.88. The summed E-state index contributed by atoms with van der Waals surface area (Å²) in [6.45, 7) is 5.53. The summed E-state index contributed by atoms with van der Waals surface area (Å²) in [4.78, 5) is 25.4. The van der Waals surface area contributed by atoms with Crippen LogP contribution in [-0.2, 0) is 24.6 Å². The number of hydrogen-bond donors (Lipinski definition) is 1. The van der Waals surface area contributed by atoms with Gasteiger partial charge in [0.2, 0.25) is 0 Å². The van der Waals surface area contributed by atoms with Crippen molar-refractivity contribution in [2.45, 2.75) is 50.8 Å². The second-order valence-corrected chi connectivity index (χ2v) is 9.55. The van der Waals surface area contributed by atoms with Crippen LogP contribution in [0, 0.1) is 0 Å². The van der Waals surface area contributed by atoms with E-state index in [0.717, 1.165) is 27.8 Å². The van der Waals surface area contributed by atoms with Gasteiger partial charge in [-0.15, -0.1) is 0 Å². The number of fused-ring (bicyclic) bond motifs is 3. The molecule has 0 aliphatic heterocycles. The average Bonchev–Trinajstić information content (AvgIpc) is 3.12. The molecule has 3 aromatic carbocycles. The number of ether oxygens (including phenoxy) is 2. The van der Waals surface area contributed by atoms with Crippen LogP contribution in [0.1, 0.15) is 50.3 Å². The lowest BCUT2D eigenvalue weighted by Gasteiger charge is -2.37. The van der Waals surface area contributed by atoms with Crippen molar-refractivity contribution >= 4 is 11.9 Å². The molecular weight excluding hydrogens is 426 g/mol. The molecule has 5 heteroatoms. The first-order chi connectivity index (χ1) is 16.3. The molecule has 0 heterocycles. The average molecular weight is 458 g/mol. The van der Waals surface area contributed by atoms with Crippen molar-refractivity contribution in [1.82, 2.24) is 5.32 Å².